The molecular formula is C20H26N4O4. The summed E-state index contributed by atoms with van der Waals surface area (Å²) in [7, 11) is 1.57. The number of methoxy groups -OCH3 is 1. The average Bonchev–Trinajstić information content (AvgIpc) is 3.26. The summed E-state index contributed by atoms with van der Waals surface area (Å²) in [4.78, 5) is 41.4. The van der Waals surface area contributed by atoms with Gasteiger partial charge in [0.25, 0.3) is 0 Å². The zero-order valence-corrected chi connectivity index (χ0v) is 16.0. The Morgan fingerprint density at radius 3 is 2.89 bits per heavy atom. The summed E-state index contributed by atoms with van der Waals surface area (Å²) in [5, 5.41) is 6.54. The van der Waals surface area contributed by atoms with Crippen LogP contribution in [-0.4, -0.2) is 60.5 Å². The lowest BCUT2D eigenvalue weighted by Crippen LogP contribution is -2.45. The molecule has 1 aliphatic rings. The summed E-state index contributed by atoms with van der Waals surface area (Å²) >= 11 is 0. The van der Waals surface area contributed by atoms with Gasteiger partial charge in [-0.1, -0.05) is 18.2 Å². The minimum atomic E-state index is -0.502. The lowest BCUT2D eigenvalue weighted by Gasteiger charge is -2.24. The number of nitrogens with zero attached hydrogens (tertiary/aromatic N) is 1. The maximum Gasteiger partial charge on any atom is 0.242 e. The maximum absolute atomic E-state index is 12.6. The van der Waals surface area contributed by atoms with Gasteiger partial charge in [0, 0.05) is 56.7 Å². The monoisotopic (exact) mass is 386 g/mol. The first-order chi connectivity index (χ1) is 13.6. The van der Waals surface area contributed by atoms with E-state index in [9.17, 15) is 14.4 Å². The number of fused-ring (bicyclic) bond motifs is 1. The number of hydrogen-bond acceptors (Lipinski definition) is 4. The molecule has 1 aromatic carbocycles. The van der Waals surface area contributed by atoms with Crippen molar-refractivity contribution in [2.24, 2.45) is 0 Å². The maximum atomic E-state index is 12.6. The highest BCUT2D eigenvalue weighted by atomic mass is 16.5. The van der Waals surface area contributed by atoms with E-state index in [0.29, 0.717) is 32.5 Å². The predicted molar refractivity (Wildman–Crippen MR) is 104 cm³/mol. The summed E-state index contributed by atoms with van der Waals surface area (Å²) in [6.07, 6.45) is 2.93. The molecule has 1 unspecified atom stereocenters. The first kappa shape index (κ1) is 19.9. The number of nitrogens with one attached hydrogen (secondary N) is 3. The van der Waals surface area contributed by atoms with Crippen LogP contribution in [0.1, 0.15) is 24.8 Å². The molecule has 1 aromatic heterocycles. The molecule has 0 bridgehead atoms. The number of rotatable bonds is 9. The largest absolute Gasteiger partial charge is 0.383 e. The highest BCUT2D eigenvalue weighted by Crippen LogP contribution is 2.25. The SMILES string of the molecule is COCCNC(=O)CCNC(=O)C1CCC(=O)N1Cc1c[nH]c2ccccc12. The van der Waals surface area contributed by atoms with Gasteiger partial charge in [-0.05, 0) is 18.1 Å². The number of ether oxygens (including phenoxy) is 1. The molecule has 8 nitrogen and oxygen atoms in total. The Morgan fingerprint density at radius 1 is 1.25 bits per heavy atom. The second-order valence-electron chi connectivity index (χ2n) is 6.82. The molecular weight excluding hydrogens is 360 g/mol. The number of H-pyrrole nitrogens is 1. The number of carbonyl (C=O) groups is 3. The molecule has 1 fully saturated rings. The third-order valence-corrected chi connectivity index (χ3v) is 4.93. The van der Waals surface area contributed by atoms with Gasteiger partial charge in [-0.15, -0.1) is 0 Å². The van der Waals surface area contributed by atoms with Crippen molar-refractivity contribution in [2.45, 2.75) is 31.8 Å². The van der Waals surface area contributed by atoms with Gasteiger partial charge < -0.3 is 25.3 Å². The van der Waals surface area contributed by atoms with Gasteiger partial charge in [-0.3, -0.25) is 14.4 Å². The molecule has 2 heterocycles. The van der Waals surface area contributed by atoms with Crippen molar-refractivity contribution >= 4 is 28.6 Å². The van der Waals surface area contributed by atoms with Crippen molar-refractivity contribution in [3.63, 3.8) is 0 Å². The fraction of sp³-hybridized carbons (Fsp3) is 0.450. The molecule has 3 rings (SSSR count). The summed E-state index contributed by atoms with van der Waals surface area (Å²) in [5.74, 6) is -0.381. The van der Waals surface area contributed by atoms with Gasteiger partial charge in [-0.2, -0.15) is 0 Å². The molecule has 0 saturated carbocycles. The quantitative estimate of drug-likeness (QED) is 0.558. The number of hydrogen-bond donors (Lipinski definition) is 3. The standard InChI is InChI=1S/C20H26N4O4/c1-28-11-10-21-18(25)8-9-22-20(27)17-6-7-19(26)24(17)13-14-12-23-16-5-3-2-4-15(14)16/h2-5,12,17,23H,6-11,13H2,1H3,(H,21,25)(H,22,27). The number of carbonyl (C=O) groups excluding carboxylic acids is 3. The zero-order valence-electron chi connectivity index (χ0n) is 16.0. The number of para-hydroxylation sites is 1. The number of amides is 3. The van der Waals surface area contributed by atoms with Gasteiger partial charge in [0.05, 0.1) is 6.61 Å². The number of benzene rings is 1. The van der Waals surface area contributed by atoms with Gasteiger partial charge in [0.15, 0.2) is 0 Å². The topological polar surface area (TPSA) is 104 Å². The normalized spacial score (nSPS) is 16.5. The molecule has 1 saturated heterocycles. The van der Waals surface area contributed by atoms with Crippen molar-refractivity contribution in [1.82, 2.24) is 20.5 Å². The van der Waals surface area contributed by atoms with Crippen LogP contribution in [0.15, 0.2) is 30.5 Å². The first-order valence-electron chi connectivity index (χ1n) is 9.48. The molecule has 28 heavy (non-hydrogen) atoms. The van der Waals surface area contributed by atoms with Crippen LogP contribution in [0, 0.1) is 0 Å². The van der Waals surface area contributed by atoms with Crippen molar-refractivity contribution in [1.29, 1.82) is 0 Å². The number of likely N-dealkylation sites (tertiary alicyclic amines) is 1. The molecule has 0 radical (unpaired) electrons. The van der Waals surface area contributed by atoms with Crippen LogP contribution in [-0.2, 0) is 25.7 Å². The van der Waals surface area contributed by atoms with Crippen LogP contribution in [0.3, 0.4) is 0 Å². The van der Waals surface area contributed by atoms with E-state index in [1.807, 2.05) is 30.5 Å². The van der Waals surface area contributed by atoms with E-state index in [2.05, 4.69) is 15.6 Å². The third-order valence-electron chi connectivity index (χ3n) is 4.93. The molecule has 3 N–H and O–H groups in total. The highest BCUT2D eigenvalue weighted by molar-refractivity contribution is 5.91. The van der Waals surface area contributed by atoms with Crippen LogP contribution in [0.5, 0.6) is 0 Å². The van der Waals surface area contributed by atoms with Gasteiger partial charge in [-0.25, -0.2) is 0 Å². The van der Waals surface area contributed by atoms with Crippen LogP contribution < -0.4 is 10.6 Å². The molecule has 0 aliphatic carbocycles. The summed E-state index contributed by atoms with van der Waals surface area (Å²) < 4.78 is 4.87. The average molecular weight is 386 g/mol. The zero-order chi connectivity index (χ0) is 19.9. The Hall–Kier alpha value is -2.87. The van der Waals surface area contributed by atoms with Crippen molar-refractivity contribution in [3.05, 3.63) is 36.0 Å². The number of aromatic nitrogens is 1. The van der Waals surface area contributed by atoms with Crippen LogP contribution in [0.2, 0.25) is 0 Å². The van der Waals surface area contributed by atoms with Crippen molar-refractivity contribution < 1.29 is 19.1 Å². The van der Waals surface area contributed by atoms with Gasteiger partial charge >= 0.3 is 0 Å². The Balaban J connectivity index is 1.54. The minimum absolute atomic E-state index is 0.0252. The molecule has 150 valence electrons. The Kier molecular flexibility index (Phi) is 6.65. The lowest BCUT2D eigenvalue weighted by atomic mass is 10.1. The lowest BCUT2D eigenvalue weighted by molar-refractivity contribution is -0.135. The molecule has 1 aliphatic heterocycles. The van der Waals surface area contributed by atoms with E-state index in [1.54, 1.807) is 12.0 Å². The van der Waals surface area contributed by atoms with E-state index < -0.39 is 6.04 Å². The summed E-state index contributed by atoms with van der Waals surface area (Å²) in [5.41, 5.74) is 1.99. The molecule has 2 aromatic rings. The minimum Gasteiger partial charge on any atom is -0.383 e. The Labute approximate surface area is 163 Å². The predicted octanol–water partition coefficient (Wildman–Crippen LogP) is 0.928. The van der Waals surface area contributed by atoms with E-state index in [-0.39, 0.29) is 30.7 Å². The Bertz CT molecular complexity index is 848. The summed E-state index contributed by atoms with van der Waals surface area (Å²) in [6, 6.07) is 7.38. The van der Waals surface area contributed by atoms with E-state index in [1.165, 1.54) is 0 Å². The van der Waals surface area contributed by atoms with Crippen molar-refractivity contribution in [3.8, 4) is 0 Å². The second-order valence-corrected chi connectivity index (χ2v) is 6.82. The second kappa shape index (κ2) is 9.36. The smallest absolute Gasteiger partial charge is 0.242 e. The molecule has 8 heteroatoms. The van der Waals surface area contributed by atoms with Crippen LogP contribution in [0.4, 0.5) is 0 Å². The molecule has 1 atom stereocenters. The van der Waals surface area contributed by atoms with E-state index in [0.717, 1.165) is 16.5 Å². The molecule has 0 spiro atoms. The third kappa shape index (κ3) is 4.69. The summed E-state index contributed by atoms with van der Waals surface area (Å²) in [6.45, 7) is 1.52. The number of aromatic amines is 1. The van der Waals surface area contributed by atoms with E-state index in [4.69, 9.17) is 4.74 Å². The fourth-order valence-electron chi connectivity index (χ4n) is 3.45. The van der Waals surface area contributed by atoms with Gasteiger partial charge in [0.2, 0.25) is 17.7 Å². The highest BCUT2D eigenvalue weighted by Gasteiger charge is 2.36. The van der Waals surface area contributed by atoms with Crippen LogP contribution in [0.25, 0.3) is 10.9 Å². The first-order valence-corrected chi connectivity index (χ1v) is 9.48. The van der Waals surface area contributed by atoms with Crippen molar-refractivity contribution in [2.75, 3.05) is 26.8 Å². The van der Waals surface area contributed by atoms with Crippen LogP contribution >= 0.6 is 0 Å². The van der Waals surface area contributed by atoms with Gasteiger partial charge in [0.1, 0.15) is 6.04 Å². The fourth-order valence-corrected chi connectivity index (χ4v) is 3.45. The Morgan fingerprint density at radius 2 is 2.07 bits per heavy atom. The molecule has 3 amide bonds. The van der Waals surface area contributed by atoms with E-state index >= 15 is 0 Å².